The van der Waals surface area contributed by atoms with Gasteiger partial charge in [0.25, 0.3) is 0 Å². The predicted molar refractivity (Wildman–Crippen MR) is 89.6 cm³/mol. The summed E-state index contributed by atoms with van der Waals surface area (Å²) in [5, 5.41) is 0. The fourth-order valence-electron chi connectivity index (χ4n) is 3.02. The predicted octanol–water partition coefficient (Wildman–Crippen LogP) is 1.44. The molecule has 6 nitrogen and oxygen atoms in total. The Kier molecular flexibility index (Phi) is 5.04. The van der Waals surface area contributed by atoms with Crippen molar-refractivity contribution in [3.05, 3.63) is 23.8 Å². The first-order chi connectivity index (χ1) is 11.6. The van der Waals surface area contributed by atoms with E-state index in [4.69, 9.17) is 9.47 Å². The lowest BCUT2D eigenvalue weighted by Crippen LogP contribution is -2.50. The number of carbonyl (C=O) groups is 2. The summed E-state index contributed by atoms with van der Waals surface area (Å²) in [6.45, 7) is 3.29. The molecule has 1 aliphatic heterocycles. The summed E-state index contributed by atoms with van der Waals surface area (Å²) in [7, 11) is 3.13. The minimum absolute atomic E-state index is 0.0536. The molecule has 1 heterocycles. The van der Waals surface area contributed by atoms with Crippen LogP contribution in [-0.4, -0.2) is 68.4 Å². The van der Waals surface area contributed by atoms with E-state index in [0.29, 0.717) is 42.6 Å². The highest BCUT2D eigenvalue weighted by atomic mass is 16.5. The Morgan fingerprint density at radius 2 is 1.71 bits per heavy atom. The van der Waals surface area contributed by atoms with Crippen molar-refractivity contribution in [3.8, 4) is 11.5 Å². The Labute approximate surface area is 142 Å². The zero-order chi connectivity index (χ0) is 17.1. The highest BCUT2D eigenvalue weighted by Gasteiger charge is 2.34. The Bertz CT molecular complexity index is 619. The second-order valence-corrected chi connectivity index (χ2v) is 6.37. The van der Waals surface area contributed by atoms with Gasteiger partial charge in [-0.25, -0.2) is 0 Å². The van der Waals surface area contributed by atoms with E-state index in [1.807, 2.05) is 4.90 Å². The van der Waals surface area contributed by atoms with E-state index in [1.165, 1.54) is 0 Å². The summed E-state index contributed by atoms with van der Waals surface area (Å²) in [6, 6.07) is 5.23. The molecule has 1 aromatic rings. The third-order valence-corrected chi connectivity index (χ3v) is 4.68. The summed E-state index contributed by atoms with van der Waals surface area (Å²) in [5.41, 5.74) is 0.615. The van der Waals surface area contributed by atoms with Gasteiger partial charge in [-0.1, -0.05) is 0 Å². The molecule has 1 amide bonds. The molecule has 6 heteroatoms. The molecule has 0 bridgehead atoms. The maximum atomic E-state index is 12.5. The van der Waals surface area contributed by atoms with E-state index < -0.39 is 0 Å². The summed E-state index contributed by atoms with van der Waals surface area (Å²) in [4.78, 5) is 28.6. The molecule has 2 fully saturated rings. The number of ether oxygens (including phenoxy) is 2. The zero-order valence-electron chi connectivity index (χ0n) is 14.3. The number of benzene rings is 1. The Balaban J connectivity index is 1.54. The van der Waals surface area contributed by atoms with Crippen molar-refractivity contribution >= 4 is 11.7 Å². The van der Waals surface area contributed by atoms with E-state index in [-0.39, 0.29) is 11.7 Å². The van der Waals surface area contributed by atoms with Crippen LogP contribution in [-0.2, 0) is 4.79 Å². The standard InChI is InChI=1S/C18H24N2O4/c1-23-16-6-5-14(11-17(16)24-2)15(21)12-19-7-9-20(10-8-19)18(22)13-3-4-13/h5-6,11,13H,3-4,7-10,12H2,1-2H3. The lowest BCUT2D eigenvalue weighted by molar-refractivity contribution is -0.134. The number of piperazine rings is 1. The van der Waals surface area contributed by atoms with Crippen molar-refractivity contribution in [1.82, 2.24) is 9.80 Å². The van der Waals surface area contributed by atoms with E-state index in [9.17, 15) is 9.59 Å². The van der Waals surface area contributed by atoms with Gasteiger partial charge in [0.05, 0.1) is 20.8 Å². The maximum absolute atomic E-state index is 12.5. The van der Waals surface area contributed by atoms with E-state index >= 15 is 0 Å². The van der Waals surface area contributed by atoms with Gasteiger partial charge in [-0.05, 0) is 31.0 Å². The molecular formula is C18H24N2O4. The van der Waals surface area contributed by atoms with Crippen LogP contribution in [0.3, 0.4) is 0 Å². The number of methoxy groups -OCH3 is 2. The number of nitrogens with zero attached hydrogens (tertiary/aromatic N) is 2. The molecular weight excluding hydrogens is 308 g/mol. The summed E-state index contributed by atoms with van der Waals surface area (Å²) in [5.74, 6) is 1.79. The molecule has 0 N–H and O–H groups in total. The third kappa shape index (κ3) is 3.70. The van der Waals surface area contributed by atoms with Crippen LogP contribution in [0.5, 0.6) is 11.5 Å². The lowest BCUT2D eigenvalue weighted by Gasteiger charge is -2.34. The smallest absolute Gasteiger partial charge is 0.225 e. The molecule has 3 rings (SSSR count). The van der Waals surface area contributed by atoms with Gasteiger partial charge in [-0.15, -0.1) is 0 Å². The van der Waals surface area contributed by atoms with Crippen LogP contribution in [0.2, 0.25) is 0 Å². The molecule has 0 atom stereocenters. The number of Topliss-reactive ketones (excluding diaryl/α,β-unsaturated/α-hetero) is 1. The number of hydrogen-bond acceptors (Lipinski definition) is 5. The van der Waals surface area contributed by atoms with E-state index in [2.05, 4.69) is 4.90 Å². The third-order valence-electron chi connectivity index (χ3n) is 4.68. The van der Waals surface area contributed by atoms with Crippen LogP contribution in [0.4, 0.5) is 0 Å². The molecule has 0 spiro atoms. The van der Waals surface area contributed by atoms with Gasteiger partial charge in [0, 0.05) is 37.7 Å². The van der Waals surface area contributed by atoms with Gasteiger partial charge in [-0.3, -0.25) is 14.5 Å². The average molecular weight is 332 g/mol. The molecule has 0 radical (unpaired) electrons. The van der Waals surface area contributed by atoms with Crippen molar-refractivity contribution in [2.75, 3.05) is 46.9 Å². The van der Waals surface area contributed by atoms with Gasteiger partial charge in [0.1, 0.15) is 0 Å². The molecule has 0 unspecified atom stereocenters. The second-order valence-electron chi connectivity index (χ2n) is 6.37. The minimum atomic E-state index is 0.0536. The average Bonchev–Trinajstić information content (AvgIpc) is 3.46. The number of rotatable bonds is 6. The number of ketones is 1. The largest absolute Gasteiger partial charge is 0.493 e. The minimum Gasteiger partial charge on any atom is -0.493 e. The monoisotopic (exact) mass is 332 g/mol. The van der Waals surface area contributed by atoms with Crippen molar-refractivity contribution in [2.24, 2.45) is 5.92 Å². The molecule has 0 aromatic heterocycles. The van der Waals surface area contributed by atoms with Gasteiger partial charge < -0.3 is 14.4 Å². The number of carbonyl (C=O) groups excluding carboxylic acids is 2. The van der Waals surface area contributed by atoms with Crippen LogP contribution in [0.1, 0.15) is 23.2 Å². The second kappa shape index (κ2) is 7.21. The van der Waals surface area contributed by atoms with Gasteiger partial charge in [-0.2, -0.15) is 0 Å². The molecule has 1 saturated carbocycles. The fraction of sp³-hybridized carbons (Fsp3) is 0.556. The molecule has 1 aromatic carbocycles. The van der Waals surface area contributed by atoms with E-state index in [1.54, 1.807) is 32.4 Å². The van der Waals surface area contributed by atoms with Crippen molar-refractivity contribution < 1.29 is 19.1 Å². The number of hydrogen-bond donors (Lipinski definition) is 0. The molecule has 1 saturated heterocycles. The van der Waals surface area contributed by atoms with Crippen LogP contribution >= 0.6 is 0 Å². The van der Waals surface area contributed by atoms with Crippen LogP contribution in [0.25, 0.3) is 0 Å². The topological polar surface area (TPSA) is 59.1 Å². The quantitative estimate of drug-likeness (QED) is 0.738. The van der Waals surface area contributed by atoms with Gasteiger partial charge >= 0.3 is 0 Å². The maximum Gasteiger partial charge on any atom is 0.225 e. The van der Waals surface area contributed by atoms with Crippen LogP contribution in [0.15, 0.2) is 18.2 Å². The fourth-order valence-corrected chi connectivity index (χ4v) is 3.02. The lowest BCUT2D eigenvalue weighted by atomic mass is 10.1. The van der Waals surface area contributed by atoms with E-state index in [0.717, 1.165) is 25.9 Å². The van der Waals surface area contributed by atoms with Crippen molar-refractivity contribution in [2.45, 2.75) is 12.8 Å². The Morgan fingerprint density at radius 3 is 2.29 bits per heavy atom. The van der Waals surface area contributed by atoms with Crippen LogP contribution in [0, 0.1) is 5.92 Å². The molecule has 24 heavy (non-hydrogen) atoms. The zero-order valence-corrected chi connectivity index (χ0v) is 14.3. The molecule has 130 valence electrons. The van der Waals surface area contributed by atoms with Crippen LogP contribution < -0.4 is 9.47 Å². The summed E-state index contributed by atoms with van der Waals surface area (Å²) >= 11 is 0. The summed E-state index contributed by atoms with van der Waals surface area (Å²) < 4.78 is 10.4. The highest BCUT2D eigenvalue weighted by molar-refractivity contribution is 5.98. The van der Waals surface area contributed by atoms with Gasteiger partial charge in [0.15, 0.2) is 17.3 Å². The van der Waals surface area contributed by atoms with Gasteiger partial charge in [0.2, 0.25) is 5.91 Å². The Morgan fingerprint density at radius 1 is 1.04 bits per heavy atom. The molecule has 2 aliphatic rings. The highest BCUT2D eigenvalue weighted by Crippen LogP contribution is 2.31. The molecule has 1 aliphatic carbocycles. The van der Waals surface area contributed by atoms with Crippen molar-refractivity contribution in [3.63, 3.8) is 0 Å². The first-order valence-electron chi connectivity index (χ1n) is 8.38. The SMILES string of the molecule is COc1ccc(C(=O)CN2CCN(C(=O)C3CC3)CC2)cc1OC. The normalized spacial score (nSPS) is 18.3. The van der Waals surface area contributed by atoms with Crippen molar-refractivity contribution in [1.29, 1.82) is 0 Å². The first-order valence-corrected chi connectivity index (χ1v) is 8.38. The first kappa shape index (κ1) is 16.8. The Hall–Kier alpha value is -2.08. The summed E-state index contributed by atoms with van der Waals surface area (Å²) in [6.07, 6.45) is 2.08. The number of amides is 1.